The fourth-order valence-corrected chi connectivity index (χ4v) is 3.82. The summed E-state index contributed by atoms with van der Waals surface area (Å²) in [7, 11) is 1.87. The van der Waals surface area contributed by atoms with E-state index in [4.69, 9.17) is 23.2 Å². The van der Waals surface area contributed by atoms with E-state index in [1.165, 1.54) is 0 Å². The quantitative estimate of drug-likeness (QED) is 0.416. The van der Waals surface area contributed by atoms with Crippen molar-refractivity contribution in [2.24, 2.45) is 7.05 Å². The van der Waals surface area contributed by atoms with Gasteiger partial charge in [-0.15, -0.1) is 12.4 Å². The molecule has 8 heteroatoms. The third-order valence-electron chi connectivity index (χ3n) is 4.42. The number of nitrogens with one attached hydrogen (secondary N) is 1. The van der Waals surface area contributed by atoms with Crippen molar-refractivity contribution in [2.45, 2.75) is 26.2 Å². The number of nitrogens with zero attached hydrogens (tertiary/aromatic N) is 4. The van der Waals surface area contributed by atoms with Crippen LogP contribution in [0.3, 0.4) is 0 Å². The third kappa shape index (κ3) is 3.50. The van der Waals surface area contributed by atoms with E-state index < -0.39 is 0 Å². The third-order valence-corrected chi connectivity index (χ3v) is 5.11. The van der Waals surface area contributed by atoms with Crippen molar-refractivity contribution >= 4 is 46.8 Å². The van der Waals surface area contributed by atoms with Gasteiger partial charge in [-0.05, 0) is 18.2 Å². The molecule has 0 aliphatic heterocycles. The molecule has 0 aliphatic rings. The van der Waals surface area contributed by atoms with E-state index in [0.29, 0.717) is 21.5 Å². The minimum atomic E-state index is -0.158. The zero-order valence-corrected chi connectivity index (χ0v) is 18.2. The van der Waals surface area contributed by atoms with Crippen LogP contribution < -0.4 is 0 Å². The van der Waals surface area contributed by atoms with Gasteiger partial charge in [0.2, 0.25) is 0 Å². The van der Waals surface area contributed by atoms with Crippen molar-refractivity contribution in [1.29, 1.82) is 0 Å². The van der Waals surface area contributed by atoms with Gasteiger partial charge >= 0.3 is 0 Å². The van der Waals surface area contributed by atoms with Gasteiger partial charge in [0.25, 0.3) is 0 Å². The predicted molar refractivity (Wildman–Crippen MR) is 117 cm³/mol. The van der Waals surface area contributed by atoms with Crippen LogP contribution in [-0.2, 0) is 12.5 Å². The van der Waals surface area contributed by atoms with Crippen LogP contribution in [0.2, 0.25) is 10.0 Å². The molecule has 0 fully saturated rings. The van der Waals surface area contributed by atoms with Crippen LogP contribution in [0.4, 0.5) is 0 Å². The highest BCUT2D eigenvalue weighted by molar-refractivity contribution is 6.34. The summed E-state index contributed by atoms with van der Waals surface area (Å²) < 4.78 is 1.76. The summed E-state index contributed by atoms with van der Waals surface area (Å²) in [4.78, 5) is 12.6. The lowest BCUT2D eigenvalue weighted by Gasteiger charge is -2.15. The standard InChI is InChI=1S/C20H19Cl2N5.ClH/c1-20(2,3)17-15(22)16(27(4)26-17)19-24-14-10-9-13(23-18(14)25-19)11-7-5-6-8-12(11)21;/h5-10H,1-4H3,(H,23,24,25);1H. The lowest BCUT2D eigenvalue weighted by molar-refractivity contribution is 0.553. The molecule has 0 saturated carbocycles. The molecule has 5 nitrogen and oxygen atoms in total. The first-order valence-corrected chi connectivity index (χ1v) is 9.36. The number of imidazole rings is 1. The highest BCUT2D eigenvalue weighted by Crippen LogP contribution is 2.36. The molecule has 0 unspecified atom stereocenters. The Balaban J connectivity index is 0.00000225. The number of rotatable bonds is 2. The number of H-pyrrole nitrogens is 1. The van der Waals surface area contributed by atoms with Gasteiger partial charge < -0.3 is 4.98 Å². The Morgan fingerprint density at radius 1 is 1.00 bits per heavy atom. The molecule has 4 rings (SSSR count). The molecular weight excluding hydrogens is 417 g/mol. The topological polar surface area (TPSA) is 59.4 Å². The lowest BCUT2D eigenvalue weighted by atomic mass is 9.92. The van der Waals surface area contributed by atoms with Crippen LogP contribution in [0, 0.1) is 0 Å². The number of halogens is 3. The summed E-state index contributed by atoms with van der Waals surface area (Å²) in [5.74, 6) is 0.643. The minimum Gasteiger partial charge on any atom is -0.335 e. The van der Waals surface area contributed by atoms with Crippen LogP contribution in [0.1, 0.15) is 26.5 Å². The number of fused-ring (bicyclic) bond motifs is 1. The second-order valence-electron chi connectivity index (χ2n) is 7.52. The van der Waals surface area contributed by atoms with Crippen LogP contribution in [-0.4, -0.2) is 24.7 Å². The van der Waals surface area contributed by atoms with Crippen molar-refractivity contribution in [2.75, 3.05) is 0 Å². The number of benzene rings is 1. The van der Waals surface area contributed by atoms with Gasteiger partial charge in [0, 0.05) is 23.0 Å². The molecule has 1 N–H and O–H groups in total. The molecule has 4 aromatic rings. The molecular formula is C20H20Cl3N5. The van der Waals surface area contributed by atoms with Gasteiger partial charge in [0.05, 0.1) is 21.9 Å². The van der Waals surface area contributed by atoms with E-state index in [9.17, 15) is 0 Å². The molecule has 3 heterocycles. The monoisotopic (exact) mass is 435 g/mol. The smallest absolute Gasteiger partial charge is 0.178 e. The summed E-state index contributed by atoms with van der Waals surface area (Å²) >= 11 is 12.9. The maximum atomic E-state index is 6.64. The SMILES string of the molecule is Cl.Cn1nc(C(C)(C)C)c(Cl)c1-c1nc2nc(-c3ccccc3Cl)ccc2[nH]1. The van der Waals surface area contributed by atoms with Gasteiger partial charge in [0.1, 0.15) is 5.69 Å². The number of aromatic amines is 1. The Bertz CT molecular complexity index is 1150. The van der Waals surface area contributed by atoms with E-state index in [0.717, 1.165) is 28.2 Å². The number of aryl methyl sites for hydroxylation is 1. The highest BCUT2D eigenvalue weighted by atomic mass is 35.5. The number of hydrogen-bond donors (Lipinski definition) is 1. The second-order valence-corrected chi connectivity index (χ2v) is 8.30. The van der Waals surface area contributed by atoms with Crippen molar-refractivity contribution in [3.05, 3.63) is 52.1 Å². The molecule has 1 aromatic carbocycles. The van der Waals surface area contributed by atoms with Crippen molar-refractivity contribution in [3.63, 3.8) is 0 Å². The fourth-order valence-electron chi connectivity index (χ4n) is 3.06. The van der Waals surface area contributed by atoms with E-state index in [1.54, 1.807) is 4.68 Å². The number of hydrogen-bond acceptors (Lipinski definition) is 3. The van der Waals surface area contributed by atoms with Crippen molar-refractivity contribution < 1.29 is 0 Å². The van der Waals surface area contributed by atoms with Gasteiger partial charge in [0.15, 0.2) is 11.5 Å². The Morgan fingerprint density at radius 3 is 2.36 bits per heavy atom. The summed E-state index contributed by atoms with van der Waals surface area (Å²) in [6.07, 6.45) is 0. The van der Waals surface area contributed by atoms with Crippen LogP contribution in [0.15, 0.2) is 36.4 Å². The van der Waals surface area contributed by atoms with Crippen molar-refractivity contribution in [3.8, 4) is 22.8 Å². The lowest BCUT2D eigenvalue weighted by Crippen LogP contribution is -2.12. The van der Waals surface area contributed by atoms with E-state index in [2.05, 4.69) is 40.8 Å². The fraction of sp³-hybridized carbons (Fsp3) is 0.250. The minimum absolute atomic E-state index is 0. The number of aromatic nitrogens is 5. The Kier molecular flexibility index (Phi) is 5.45. The molecule has 0 bridgehead atoms. The first-order valence-electron chi connectivity index (χ1n) is 8.60. The van der Waals surface area contributed by atoms with E-state index >= 15 is 0 Å². The molecule has 0 saturated heterocycles. The van der Waals surface area contributed by atoms with E-state index in [1.807, 2.05) is 43.4 Å². The van der Waals surface area contributed by atoms with Crippen LogP contribution in [0.25, 0.3) is 33.9 Å². The molecule has 3 aromatic heterocycles. The van der Waals surface area contributed by atoms with Crippen LogP contribution >= 0.6 is 35.6 Å². The zero-order valence-electron chi connectivity index (χ0n) is 15.9. The maximum Gasteiger partial charge on any atom is 0.178 e. The maximum absolute atomic E-state index is 6.64. The summed E-state index contributed by atoms with van der Waals surface area (Å²) in [5, 5.41) is 5.86. The molecule has 0 radical (unpaired) electrons. The average Bonchev–Trinajstić information content (AvgIpc) is 3.14. The van der Waals surface area contributed by atoms with Gasteiger partial charge in [-0.2, -0.15) is 5.10 Å². The molecule has 28 heavy (non-hydrogen) atoms. The largest absolute Gasteiger partial charge is 0.335 e. The van der Waals surface area contributed by atoms with E-state index in [-0.39, 0.29) is 17.8 Å². The molecule has 0 atom stereocenters. The Labute approximate surface area is 179 Å². The van der Waals surface area contributed by atoms with Gasteiger partial charge in [-0.1, -0.05) is 62.2 Å². The predicted octanol–water partition coefficient (Wildman–Crippen LogP) is 6.05. The number of pyridine rings is 1. The average molecular weight is 437 g/mol. The van der Waals surface area contributed by atoms with Crippen molar-refractivity contribution in [1.82, 2.24) is 24.7 Å². The normalized spacial score (nSPS) is 11.6. The summed E-state index contributed by atoms with van der Waals surface area (Å²) in [5.41, 5.74) is 4.52. The molecule has 0 amide bonds. The summed E-state index contributed by atoms with van der Waals surface area (Å²) in [6.45, 7) is 6.25. The Hall–Kier alpha value is -2.08. The first kappa shape index (κ1) is 20.6. The Morgan fingerprint density at radius 2 is 1.71 bits per heavy atom. The zero-order chi connectivity index (χ0) is 19.3. The molecule has 0 aliphatic carbocycles. The second kappa shape index (κ2) is 7.39. The van der Waals surface area contributed by atoms with Gasteiger partial charge in [-0.3, -0.25) is 4.68 Å². The highest BCUT2D eigenvalue weighted by Gasteiger charge is 2.27. The summed E-state index contributed by atoms with van der Waals surface area (Å²) in [6, 6.07) is 11.5. The first-order chi connectivity index (χ1) is 12.8. The van der Waals surface area contributed by atoms with Crippen LogP contribution in [0.5, 0.6) is 0 Å². The molecule has 0 spiro atoms. The van der Waals surface area contributed by atoms with Gasteiger partial charge in [-0.25, -0.2) is 9.97 Å². The molecule has 146 valence electrons.